The molecule has 0 unspecified atom stereocenters. The highest BCUT2D eigenvalue weighted by atomic mass is 32.2. The van der Waals surface area contributed by atoms with E-state index in [1.807, 2.05) is 0 Å². The van der Waals surface area contributed by atoms with Crippen molar-refractivity contribution in [3.05, 3.63) is 34.2 Å². The molecule has 0 spiro atoms. The first-order valence-electron chi connectivity index (χ1n) is 4.98. The van der Waals surface area contributed by atoms with E-state index in [-0.39, 0.29) is 21.9 Å². The van der Waals surface area contributed by atoms with Crippen LogP contribution in [-0.4, -0.2) is 30.0 Å². The molecule has 1 heterocycles. The van der Waals surface area contributed by atoms with E-state index in [9.17, 15) is 13.2 Å². The maximum absolute atomic E-state index is 11.8. The second-order valence-electron chi connectivity index (χ2n) is 3.77. The first kappa shape index (κ1) is 13.9. The van der Waals surface area contributed by atoms with Crippen LogP contribution in [0.25, 0.3) is 0 Å². The van der Waals surface area contributed by atoms with Gasteiger partial charge in [-0.25, -0.2) is 8.42 Å². The Bertz CT molecular complexity index is 575. The lowest BCUT2D eigenvalue weighted by Crippen LogP contribution is -2.28. The Balaban J connectivity index is 2.83. The van der Waals surface area contributed by atoms with Crippen molar-refractivity contribution >= 4 is 27.0 Å². The molecule has 0 aromatic carbocycles. The van der Waals surface area contributed by atoms with E-state index in [0.29, 0.717) is 13.0 Å². The zero-order valence-electron chi connectivity index (χ0n) is 9.42. The van der Waals surface area contributed by atoms with Crippen molar-refractivity contribution in [3.63, 3.8) is 0 Å². The lowest BCUT2D eigenvalue weighted by atomic mass is 10.2. The molecule has 0 aliphatic rings. The molecule has 1 aromatic heterocycles. The van der Waals surface area contributed by atoms with Crippen LogP contribution in [-0.2, 0) is 16.4 Å². The lowest BCUT2D eigenvalue weighted by Gasteiger charge is -2.06. The van der Waals surface area contributed by atoms with Gasteiger partial charge in [0.15, 0.2) is 0 Å². The Morgan fingerprint density at radius 3 is 2.71 bits per heavy atom. The summed E-state index contributed by atoms with van der Waals surface area (Å²) in [6.07, 6.45) is 3.15. The second-order valence-corrected chi connectivity index (χ2v) is 6.47. The summed E-state index contributed by atoms with van der Waals surface area (Å²) in [7, 11) is -3.00. The second kappa shape index (κ2) is 5.42. The first-order chi connectivity index (χ1) is 7.81. The topological polar surface area (TPSA) is 82.2 Å². The van der Waals surface area contributed by atoms with Crippen LogP contribution in [0.1, 0.15) is 12.0 Å². The summed E-state index contributed by atoms with van der Waals surface area (Å²) in [5.41, 5.74) is 5.40. The Labute approximate surface area is 105 Å². The predicted molar refractivity (Wildman–Crippen MR) is 70.9 cm³/mol. The molecule has 5 nitrogen and oxygen atoms in total. The van der Waals surface area contributed by atoms with Gasteiger partial charge in [-0.1, -0.05) is 12.2 Å². The average Bonchev–Trinajstić information content (AvgIpc) is 2.18. The monoisotopic (exact) mass is 274 g/mol. The summed E-state index contributed by atoms with van der Waals surface area (Å²) in [4.78, 5) is 11.9. The number of nitrogens with zero attached hydrogens (tertiary/aromatic N) is 1. The summed E-state index contributed by atoms with van der Waals surface area (Å²) in [5, 5.41) is 0. The van der Waals surface area contributed by atoms with Crippen LogP contribution in [0.4, 0.5) is 0 Å². The van der Waals surface area contributed by atoms with Crippen molar-refractivity contribution in [2.75, 3.05) is 12.0 Å². The Morgan fingerprint density at radius 2 is 2.18 bits per heavy atom. The van der Waals surface area contributed by atoms with E-state index < -0.39 is 9.84 Å². The molecule has 0 fully saturated rings. The van der Waals surface area contributed by atoms with Crippen LogP contribution in [0.2, 0.25) is 0 Å². The van der Waals surface area contributed by atoms with Gasteiger partial charge in [0.2, 0.25) is 0 Å². The fraction of sp³-hybridized carbons (Fsp3) is 0.400. The van der Waals surface area contributed by atoms with E-state index in [1.54, 1.807) is 18.3 Å². The number of aromatic nitrogens is 1. The van der Waals surface area contributed by atoms with Gasteiger partial charge in [0.25, 0.3) is 5.56 Å². The number of sulfone groups is 1. The lowest BCUT2D eigenvalue weighted by molar-refractivity contribution is 0.589. The van der Waals surface area contributed by atoms with Crippen LogP contribution in [0.3, 0.4) is 0 Å². The van der Waals surface area contributed by atoms with Gasteiger partial charge < -0.3 is 10.3 Å². The summed E-state index contributed by atoms with van der Waals surface area (Å²) in [6.45, 7) is 0.336. The van der Waals surface area contributed by atoms with Gasteiger partial charge in [0.05, 0.1) is 11.3 Å². The molecule has 2 N–H and O–H groups in total. The maximum atomic E-state index is 11.8. The molecule has 0 saturated carbocycles. The molecule has 1 aromatic rings. The van der Waals surface area contributed by atoms with Crippen molar-refractivity contribution in [3.8, 4) is 0 Å². The van der Waals surface area contributed by atoms with Gasteiger partial charge in [-0.2, -0.15) is 0 Å². The minimum absolute atomic E-state index is 0.0486. The fourth-order valence-electron chi connectivity index (χ4n) is 1.40. The maximum Gasteiger partial charge on any atom is 0.260 e. The van der Waals surface area contributed by atoms with Crippen LogP contribution in [0, 0.1) is 0 Å². The van der Waals surface area contributed by atoms with E-state index in [4.69, 9.17) is 18.0 Å². The Morgan fingerprint density at radius 1 is 1.53 bits per heavy atom. The summed E-state index contributed by atoms with van der Waals surface area (Å²) in [6, 6.07) is 3.22. The number of nitrogens with two attached hydrogens (primary N) is 1. The quantitative estimate of drug-likeness (QED) is 0.759. The highest BCUT2D eigenvalue weighted by Crippen LogP contribution is 1.96. The van der Waals surface area contributed by atoms with Crippen molar-refractivity contribution in [1.82, 2.24) is 4.57 Å². The van der Waals surface area contributed by atoms with E-state index in [0.717, 1.165) is 0 Å². The van der Waals surface area contributed by atoms with Crippen molar-refractivity contribution < 1.29 is 8.42 Å². The minimum atomic E-state index is -3.00. The van der Waals surface area contributed by atoms with Gasteiger partial charge >= 0.3 is 0 Å². The molecular formula is C10H14N2O3S2. The summed E-state index contributed by atoms with van der Waals surface area (Å²) in [5.74, 6) is 0.0523. The van der Waals surface area contributed by atoms with Gasteiger partial charge in [0.1, 0.15) is 14.8 Å². The molecule has 0 radical (unpaired) electrons. The number of rotatable bonds is 5. The molecule has 7 heteroatoms. The molecule has 0 bridgehead atoms. The SMILES string of the molecule is CS(=O)(=O)CCCn1cccc(C(N)=S)c1=O. The van der Waals surface area contributed by atoms with E-state index >= 15 is 0 Å². The molecule has 17 heavy (non-hydrogen) atoms. The number of pyridine rings is 1. The zero-order valence-corrected chi connectivity index (χ0v) is 11.1. The van der Waals surface area contributed by atoms with Gasteiger partial charge in [-0.05, 0) is 18.6 Å². The van der Waals surface area contributed by atoms with Crippen molar-refractivity contribution in [1.29, 1.82) is 0 Å². The number of aryl methyl sites for hydroxylation is 1. The number of thiocarbonyl (C=S) groups is 1. The average molecular weight is 274 g/mol. The van der Waals surface area contributed by atoms with Crippen LogP contribution < -0.4 is 11.3 Å². The minimum Gasteiger partial charge on any atom is -0.389 e. The van der Waals surface area contributed by atoms with Gasteiger partial charge in [-0.3, -0.25) is 4.79 Å². The van der Waals surface area contributed by atoms with Crippen molar-refractivity contribution in [2.24, 2.45) is 5.73 Å². The number of hydrogen-bond donors (Lipinski definition) is 1. The van der Waals surface area contributed by atoms with Gasteiger partial charge in [0, 0.05) is 19.0 Å². The molecule has 0 amide bonds. The third-order valence-corrected chi connectivity index (χ3v) is 3.45. The smallest absolute Gasteiger partial charge is 0.260 e. The molecule has 0 aliphatic heterocycles. The Kier molecular flexibility index (Phi) is 4.41. The fourth-order valence-corrected chi connectivity index (χ4v) is 2.21. The highest BCUT2D eigenvalue weighted by Gasteiger charge is 2.06. The van der Waals surface area contributed by atoms with Gasteiger partial charge in [-0.15, -0.1) is 0 Å². The normalized spacial score (nSPS) is 11.4. The van der Waals surface area contributed by atoms with E-state index in [2.05, 4.69) is 0 Å². The first-order valence-corrected chi connectivity index (χ1v) is 7.45. The highest BCUT2D eigenvalue weighted by molar-refractivity contribution is 7.90. The molecule has 94 valence electrons. The van der Waals surface area contributed by atoms with Crippen LogP contribution >= 0.6 is 12.2 Å². The summed E-state index contributed by atoms with van der Waals surface area (Å²) >= 11 is 4.75. The molecule has 0 aliphatic carbocycles. The standard InChI is InChI=1S/C10H14N2O3S2/c1-17(14,15)7-3-6-12-5-2-4-8(9(11)16)10(12)13/h2,4-5H,3,6-7H2,1H3,(H2,11,16). The predicted octanol–water partition coefficient (Wildman–Crippen LogP) is -0.0828. The third-order valence-electron chi connectivity index (χ3n) is 2.20. The number of hydrogen-bond acceptors (Lipinski definition) is 4. The molecular weight excluding hydrogens is 260 g/mol. The summed E-state index contributed by atoms with van der Waals surface area (Å²) < 4.78 is 23.3. The van der Waals surface area contributed by atoms with Crippen molar-refractivity contribution in [2.45, 2.75) is 13.0 Å². The molecule has 1 rings (SSSR count). The largest absolute Gasteiger partial charge is 0.389 e. The van der Waals surface area contributed by atoms with Crippen LogP contribution in [0.15, 0.2) is 23.1 Å². The zero-order chi connectivity index (χ0) is 13.1. The van der Waals surface area contributed by atoms with E-state index in [1.165, 1.54) is 10.8 Å². The molecule has 0 saturated heterocycles. The Hall–Kier alpha value is -1.21. The molecule has 0 atom stereocenters. The third kappa shape index (κ3) is 4.27. The van der Waals surface area contributed by atoms with Crippen LogP contribution in [0.5, 0.6) is 0 Å².